The highest BCUT2D eigenvalue weighted by molar-refractivity contribution is 7.99. The Bertz CT molecular complexity index is 759. The Labute approximate surface area is 160 Å². The lowest BCUT2D eigenvalue weighted by Crippen LogP contribution is -2.45. The fraction of sp³-hybridized carbons (Fsp3) is 0.412. The highest BCUT2D eigenvalue weighted by atomic mass is 35.5. The molecule has 138 valence electrons. The molecule has 26 heavy (non-hydrogen) atoms. The second-order valence-electron chi connectivity index (χ2n) is 6.12. The van der Waals surface area contributed by atoms with Crippen molar-refractivity contribution < 1.29 is 9.59 Å². The number of aromatic nitrogens is 3. The summed E-state index contributed by atoms with van der Waals surface area (Å²) in [6, 6.07) is 6.94. The monoisotopic (exact) mass is 393 g/mol. The number of carbonyl (C=O) groups excluding carboxylic acids is 2. The summed E-state index contributed by atoms with van der Waals surface area (Å²) in [6.07, 6.45) is 5.40. The van der Waals surface area contributed by atoms with E-state index in [4.69, 9.17) is 11.6 Å². The van der Waals surface area contributed by atoms with Gasteiger partial charge in [0.15, 0.2) is 5.82 Å². The Morgan fingerprint density at radius 2 is 1.92 bits per heavy atom. The summed E-state index contributed by atoms with van der Waals surface area (Å²) < 4.78 is 0. The second-order valence-corrected chi connectivity index (χ2v) is 7.50. The van der Waals surface area contributed by atoms with Crippen molar-refractivity contribution in [2.24, 2.45) is 0 Å². The first-order chi connectivity index (χ1) is 12.6. The molecule has 0 saturated heterocycles. The van der Waals surface area contributed by atoms with Crippen LogP contribution in [0.1, 0.15) is 32.1 Å². The van der Waals surface area contributed by atoms with Crippen LogP contribution in [-0.4, -0.2) is 38.9 Å². The second kappa shape index (κ2) is 9.05. The molecule has 0 unspecified atom stereocenters. The smallest absolute Gasteiger partial charge is 0.321 e. The normalized spacial score (nSPS) is 14.8. The molecule has 1 heterocycles. The van der Waals surface area contributed by atoms with Crippen LogP contribution in [0.25, 0.3) is 11.4 Å². The van der Waals surface area contributed by atoms with E-state index >= 15 is 0 Å². The van der Waals surface area contributed by atoms with E-state index in [1.165, 1.54) is 6.42 Å². The number of benzene rings is 1. The predicted octanol–water partition coefficient (Wildman–Crippen LogP) is 3.38. The van der Waals surface area contributed by atoms with Gasteiger partial charge in [-0.15, -0.1) is 5.10 Å². The van der Waals surface area contributed by atoms with E-state index in [1.807, 2.05) is 12.1 Å². The van der Waals surface area contributed by atoms with Crippen LogP contribution in [0.2, 0.25) is 5.02 Å². The van der Waals surface area contributed by atoms with Crippen molar-refractivity contribution in [1.82, 2.24) is 25.8 Å². The molecule has 2 aromatic rings. The number of hydrogen-bond acceptors (Lipinski definition) is 5. The molecular weight excluding hydrogens is 374 g/mol. The minimum Gasteiger partial charge on any atom is -0.335 e. The zero-order valence-electron chi connectivity index (χ0n) is 14.1. The van der Waals surface area contributed by atoms with Crippen LogP contribution in [0, 0.1) is 0 Å². The number of hydrogen-bond donors (Lipinski definition) is 3. The summed E-state index contributed by atoms with van der Waals surface area (Å²) in [6.45, 7) is 0. The van der Waals surface area contributed by atoms with Gasteiger partial charge >= 0.3 is 6.03 Å². The molecule has 1 saturated carbocycles. The summed E-state index contributed by atoms with van der Waals surface area (Å²) >= 11 is 7.03. The lowest BCUT2D eigenvalue weighted by atomic mass is 9.96. The Kier molecular flexibility index (Phi) is 6.51. The maximum Gasteiger partial charge on any atom is 0.321 e. The predicted molar refractivity (Wildman–Crippen MR) is 101 cm³/mol. The number of thioether (sulfide) groups is 1. The van der Waals surface area contributed by atoms with Crippen molar-refractivity contribution in [3.63, 3.8) is 0 Å². The van der Waals surface area contributed by atoms with E-state index in [2.05, 4.69) is 25.8 Å². The number of imide groups is 1. The van der Waals surface area contributed by atoms with Crippen molar-refractivity contribution in [2.75, 3.05) is 5.75 Å². The van der Waals surface area contributed by atoms with Gasteiger partial charge < -0.3 is 5.32 Å². The van der Waals surface area contributed by atoms with Crippen LogP contribution in [0.4, 0.5) is 4.79 Å². The third kappa shape index (κ3) is 5.47. The Morgan fingerprint density at radius 3 is 2.65 bits per heavy atom. The van der Waals surface area contributed by atoms with E-state index in [0.29, 0.717) is 16.0 Å². The zero-order chi connectivity index (χ0) is 18.4. The van der Waals surface area contributed by atoms with Crippen LogP contribution in [0.15, 0.2) is 29.4 Å². The van der Waals surface area contributed by atoms with Gasteiger partial charge in [-0.25, -0.2) is 9.78 Å². The number of nitrogens with one attached hydrogen (secondary N) is 3. The molecule has 7 nitrogen and oxygen atoms in total. The SMILES string of the molecule is O=C(CSc1n[nH]c(-c2ccc(Cl)cc2)n1)NC(=O)NC1CCCCC1. The summed E-state index contributed by atoms with van der Waals surface area (Å²) in [5.41, 5.74) is 0.852. The fourth-order valence-electron chi connectivity index (χ4n) is 2.81. The molecular formula is C17H20ClN5O2S. The van der Waals surface area contributed by atoms with Crippen molar-refractivity contribution in [2.45, 2.75) is 43.3 Å². The topological polar surface area (TPSA) is 99.8 Å². The number of H-pyrrole nitrogens is 1. The van der Waals surface area contributed by atoms with Gasteiger partial charge in [0.2, 0.25) is 11.1 Å². The van der Waals surface area contributed by atoms with Crippen LogP contribution in [-0.2, 0) is 4.79 Å². The lowest BCUT2D eigenvalue weighted by molar-refractivity contribution is -0.117. The van der Waals surface area contributed by atoms with E-state index < -0.39 is 6.03 Å². The van der Waals surface area contributed by atoms with Gasteiger partial charge in [-0.1, -0.05) is 42.6 Å². The molecule has 1 aromatic heterocycles. The Balaban J connectivity index is 1.44. The molecule has 0 aliphatic heterocycles. The van der Waals surface area contributed by atoms with Crippen molar-refractivity contribution in [1.29, 1.82) is 0 Å². The number of halogens is 1. The van der Waals surface area contributed by atoms with E-state index in [0.717, 1.165) is 43.0 Å². The molecule has 3 N–H and O–H groups in total. The first-order valence-corrected chi connectivity index (χ1v) is 9.88. The highest BCUT2D eigenvalue weighted by Crippen LogP contribution is 2.21. The summed E-state index contributed by atoms with van der Waals surface area (Å²) in [5, 5.41) is 13.2. The van der Waals surface area contributed by atoms with E-state index in [-0.39, 0.29) is 17.7 Å². The minimum absolute atomic E-state index is 0.0655. The van der Waals surface area contributed by atoms with Crippen LogP contribution in [0.5, 0.6) is 0 Å². The summed E-state index contributed by atoms with van der Waals surface area (Å²) in [7, 11) is 0. The standard InChI is InChI=1S/C17H20ClN5O2S/c18-12-8-6-11(7-9-12)15-21-17(23-22-15)26-10-14(24)20-16(25)19-13-4-2-1-3-5-13/h6-9,13H,1-5,10H2,(H,21,22,23)(H2,19,20,24,25). The van der Waals surface area contributed by atoms with Gasteiger partial charge in [0.1, 0.15) is 0 Å². The molecule has 1 aliphatic rings. The molecule has 3 rings (SSSR count). The number of aromatic amines is 1. The number of rotatable bonds is 5. The van der Waals surface area contributed by atoms with Gasteiger partial charge in [0.05, 0.1) is 5.75 Å². The van der Waals surface area contributed by atoms with Gasteiger partial charge in [-0.3, -0.25) is 15.2 Å². The van der Waals surface area contributed by atoms with E-state index in [9.17, 15) is 9.59 Å². The largest absolute Gasteiger partial charge is 0.335 e. The minimum atomic E-state index is -0.431. The molecule has 3 amide bonds. The van der Waals surface area contributed by atoms with Crippen molar-refractivity contribution in [3.05, 3.63) is 29.3 Å². The van der Waals surface area contributed by atoms with Crippen molar-refractivity contribution >= 4 is 35.3 Å². The van der Waals surface area contributed by atoms with Crippen LogP contribution < -0.4 is 10.6 Å². The molecule has 1 aliphatic carbocycles. The maximum absolute atomic E-state index is 11.9. The third-order valence-electron chi connectivity index (χ3n) is 4.11. The summed E-state index contributed by atoms with van der Waals surface area (Å²) in [5.74, 6) is 0.288. The molecule has 9 heteroatoms. The number of amides is 3. The van der Waals surface area contributed by atoms with Crippen LogP contribution in [0.3, 0.4) is 0 Å². The average Bonchev–Trinajstić information content (AvgIpc) is 3.10. The Hall–Kier alpha value is -2.06. The number of urea groups is 1. The molecule has 0 spiro atoms. The van der Waals surface area contributed by atoms with Gasteiger partial charge in [0.25, 0.3) is 0 Å². The third-order valence-corrected chi connectivity index (χ3v) is 5.21. The van der Waals surface area contributed by atoms with E-state index in [1.54, 1.807) is 12.1 Å². The Morgan fingerprint density at radius 1 is 1.19 bits per heavy atom. The molecule has 0 atom stereocenters. The van der Waals surface area contributed by atoms with Gasteiger partial charge in [0, 0.05) is 16.6 Å². The fourth-order valence-corrected chi connectivity index (χ4v) is 3.53. The number of nitrogens with zero attached hydrogens (tertiary/aromatic N) is 2. The molecule has 0 bridgehead atoms. The maximum atomic E-state index is 11.9. The zero-order valence-corrected chi connectivity index (χ0v) is 15.7. The quantitative estimate of drug-likeness (QED) is 0.676. The first kappa shape index (κ1) is 18.7. The molecule has 1 aromatic carbocycles. The van der Waals surface area contributed by atoms with Gasteiger partial charge in [-0.05, 0) is 37.1 Å². The lowest BCUT2D eigenvalue weighted by Gasteiger charge is -2.22. The summed E-state index contributed by atoms with van der Waals surface area (Å²) in [4.78, 5) is 28.1. The van der Waals surface area contributed by atoms with Gasteiger partial charge in [-0.2, -0.15) is 0 Å². The average molecular weight is 394 g/mol. The van der Waals surface area contributed by atoms with Crippen molar-refractivity contribution in [3.8, 4) is 11.4 Å². The molecule has 1 fully saturated rings. The molecule has 0 radical (unpaired) electrons. The highest BCUT2D eigenvalue weighted by Gasteiger charge is 2.17. The first-order valence-electron chi connectivity index (χ1n) is 8.51. The number of carbonyl (C=O) groups is 2. The van der Waals surface area contributed by atoms with Crippen LogP contribution >= 0.6 is 23.4 Å².